The van der Waals surface area contributed by atoms with Crippen LogP contribution in [0.1, 0.15) is 31.2 Å². The van der Waals surface area contributed by atoms with Gasteiger partial charge in [0.15, 0.2) is 0 Å². The molecule has 4 nitrogen and oxygen atoms in total. The zero-order chi connectivity index (χ0) is 17.8. The summed E-state index contributed by atoms with van der Waals surface area (Å²) in [5.41, 5.74) is 2.55. The molecule has 1 aromatic carbocycles. The second kappa shape index (κ2) is 8.47. The molecule has 3 heterocycles. The van der Waals surface area contributed by atoms with E-state index in [4.69, 9.17) is 0 Å². The Kier molecular flexibility index (Phi) is 5.83. The van der Waals surface area contributed by atoms with Gasteiger partial charge in [-0.3, -0.25) is 9.88 Å². The van der Waals surface area contributed by atoms with Crippen molar-refractivity contribution in [3.05, 3.63) is 42.1 Å². The number of rotatable bonds is 5. The van der Waals surface area contributed by atoms with E-state index < -0.39 is 0 Å². The lowest BCUT2D eigenvalue weighted by molar-refractivity contribution is 0.102. The van der Waals surface area contributed by atoms with Gasteiger partial charge in [0.2, 0.25) is 0 Å². The van der Waals surface area contributed by atoms with Crippen LogP contribution in [0.4, 0.5) is 0 Å². The Morgan fingerprint density at radius 2 is 1.85 bits per heavy atom. The molecule has 0 bridgehead atoms. The molecule has 4 rings (SSSR count). The molecule has 1 atom stereocenters. The van der Waals surface area contributed by atoms with Crippen LogP contribution in [-0.4, -0.2) is 72.0 Å². The maximum atomic E-state index is 4.53. The zero-order valence-electron chi connectivity index (χ0n) is 16.1. The van der Waals surface area contributed by atoms with E-state index in [9.17, 15) is 0 Å². The molecule has 2 saturated heterocycles. The van der Waals surface area contributed by atoms with E-state index in [2.05, 4.69) is 57.1 Å². The van der Waals surface area contributed by atoms with Gasteiger partial charge < -0.3 is 9.80 Å². The third-order valence-electron chi connectivity index (χ3n) is 6.24. The fourth-order valence-corrected chi connectivity index (χ4v) is 4.51. The number of hydrogen-bond acceptors (Lipinski definition) is 4. The Hall–Kier alpha value is -1.49. The highest BCUT2D eigenvalue weighted by atomic mass is 15.2. The monoisotopic (exact) mass is 352 g/mol. The molecular formula is C22H32N4. The number of likely N-dealkylation sites (N-methyl/N-ethyl adjacent to an activating group) is 1. The Morgan fingerprint density at radius 3 is 2.73 bits per heavy atom. The van der Waals surface area contributed by atoms with Crippen LogP contribution in [0.2, 0.25) is 0 Å². The van der Waals surface area contributed by atoms with Crippen molar-refractivity contribution >= 4 is 10.9 Å². The lowest BCUT2D eigenvalue weighted by atomic mass is 9.97. The molecule has 1 unspecified atom stereocenters. The van der Waals surface area contributed by atoms with Gasteiger partial charge in [0.25, 0.3) is 0 Å². The second-order valence-corrected chi connectivity index (χ2v) is 8.04. The molecule has 4 heteroatoms. The molecule has 2 fully saturated rings. The van der Waals surface area contributed by atoms with Crippen molar-refractivity contribution in [2.24, 2.45) is 0 Å². The predicted octanol–water partition coefficient (Wildman–Crippen LogP) is 3.23. The first kappa shape index (κ1) is 17.9. The Morgan fingerprint density at radius 1 is 1.00 bits per heavy atom. The van der Waals surface area contributed by atoms with Gasteiger partial charge in [-0.25, -0.2) is 0 Å². The van der Waals surface area contributed by atoms with Crippen LogP contribution in [0.15, 0.2) is 36.5 Å². The number of para-hydroxylation sites is 1. The molecule has 0 aliphatic carbocycles. The maximum Gasteiger partial charge on any atom is 0.0705 e. The van der Waals surface area contributed by atoms with E-state index in [1.165, 1.54) is 75.9 Å². The highest BCUT2D eigenvalue weighted by Crippen LogP contribution is 2.25. The van der Waals surface area contributed by atoms with Gasteiger partial charge in [0.1, 0.15) is 0 Å². The smallest absolute Gasteiger partial charge is 0.0705 e. The van der Waals surface area contributed by atoms with Gasteiger partial charge in [0, 0.05) is 50.3 Å². The van der Waals surface area contributed by atoms with Gasteiger partial charge in [0.05, 0.1) is 5.52 Å². The first-order valence-corrected chi connectivity index (χ1v) is 10.3. The summed E-state index contributed by atoms with van der Waals surface area (Å²) in [5, 5.41) is 1.32. The number of hydrogen-bond donors (Lipinski definition) is 0. The molecule has 0 radical (unpaired) electrons. The molecule has 0 spiro atoms. The summed E-state index contributed by atoms with van der Waals surface area (Å²) >= 11 is 0. The van der Waals surface area contributed by atoms with Gasteiger partial charge in [-0.2, -0.15) is 0 Å². The quantitative estimate of drug-likeness (QED) is 0.824. The van der Waals surface area contributed by atoms with Gasteiger partial charge in [-0.05, 0) is 57.1 Å². The van der Waals surface area contributed by atoms with E-state index >= 15 is 0 Å². The van der Waals surface area contributed by atoms with E-state index in [1.807, 2.05) is 6.20 Å². The molecule has 2 aliphatic heterocycles. The van der Waals surface area contributed by atoms with E-state index in [0.29, 0.717) is 0 Å². The normalized spacial score (nSPS) is 23.5. The second-order valence-electron chi connectivity index (χ2n) is 8.04. The fraction of sp³-hybridized carbons (Fsp3) is 0.591. The standard InChI is InChI=1S/C22H32N4/c1-24-14-16-25(17-15-24)13-10-20-6-4-5-12-26(20)18-19-9-11-23-22-8-3-2-7-21(19)22/h2-3,7-9,11,20H,4-6,10,12-18H2,1H3. The minimum atomic E-state index is 0.732. The highest BCUT2D eigenvalue weighted by molar-refractivity contribution is 5.81. The van der Waals surface area contributed by atoms with Crippen molar-refractivity contribution in [3.8, 4) is 0 Å². The van der Waals surface area contributed by atoms with Crippen molar-refractivity contribution in [1.82, 2.24) is 19.7 Å². The molecule has 0 amide bonds. The lowest BCUT2D eigenvalue weighted by Crippen LogP contribution is -2.47. The summed E-state index contributed by atoms with van der Waals surface area (Å²) in [6.07, 6.45) is 7.37. The van der Waals surface area contributed by atoms with Crippen LogP contribution < -0.4 is 0 Å². The first-order valence-electron chi connectivity index (χ1n) is 10.3. The Bertz CT molecular complexity index is 703. The molecule has 2 aliphatic rings. The summed E-state index contributed by atoms with van der Waals surface area (Å²) < 4.78 is 0. The number of piperazine rings is 1. The largest absolute Gasteiger partial charge is 0.304 e. The number of aromatic nitrogens is 1. The fourth-order valence-electron chi connectivity index (χ4n) is 4.51. The number of pyridine rings is 1. The molecule has 0 saturated carbocycles. The topological polar surface area (TPSA) is 22.6 Å². The molecule has 140 valence electrons. The number of piperidine rings is 1. The zero-order valence-corrected chi connectivity index (χ0v) is 16.1. The summed E-state index contributed by atoms with van der Waals surface area (Å²) in [5.74, 6) is 0. The lowest BCUT2D eigenvalue weighted by Gasteiger charge is -2.38. The Balaban J connectivity index is 1.40. The third-order valence-corrected chi connectivity index (χ3v) is 6.24. The van der Waals surface area contributed by atoms with Gasteiger partial charge in [-0.15, -0.1) is 0 Å². The third kappa shape index (κ3) is 4.25. The van der Waals surface area contributed by atoms with E-state index in [0.717, 1.165) is 18.1 Å². The van der Waals surface area contributed by atoms with Crippen LogP contribution in [-0.2, 0) is 6.54 Å². The number of nitrogens with zero attached hydrogens (tertiary/aromatic N) is 4. The minimum absolute atomic E-state index is 0.732. The predicted molar refractivity (Wildman–Crippen MR) is 108 cm³/mol. The summed E-state index contributed by atoms with van der Waals surface area (Å²) in [6.45, 7) is 8.47. The summed E-state index contributed by atoms with van der Waals surface area (Å²) in [7, 11) is 2.24. The van der Waals surface area contributed by atoms with Gasteiger partial charge in [-0.1, -0.05) is 24.6 Å². The van der Waals surface area contributed by atoms with Crippen molar-refractivity contribution in [2.45, 2.75) is 38.3 Å². The van der Waals surface area contributed by atoms with Crippen LogP contribution in [0, 0.1) is 0 Å². The first-order chi connectivity index (χ1) is 12.8. The average Bonchev–Trinajstić information content (AvgIpc) is 2.69. The summed E-state index contributed by atoms with van der Waals surface area (Å²) in [6, 6.07) is 11.5. The average molecular weight is 353 g/mol. The number of likely N-dealkylation sites (tertiary alicyclic amines) is 1. The van der Waals surface area contributed by atoms with Crippen LogP contribution in [0.3, 0.4) is 0 Å². The van der Waals surface area contributed by atoms with Crippen LogP contribution >= 0.6 is 0 Å². The highest BCUT2D eigenvalue weighted by Gasteiger charge is 2.24. The maximum absolute atomic E-state index is 4.53. The van der Waals surface area contributed by atoms with Crippen LogP contribution in [0.25, 0.3) is 10.9 Å². The van der Waals surface area contributed by atoms with Crippen molar-refractivity contribution in [2.75, 3.05) is 46.3 Å². The molecular weight excluding hydrogens is 320 g/mol. The van der Waals surface area contributed by atoms with Crippen molar-refractivity contribution < 1.29 is 0 Å². The Labute approximate surface area is 157 Å². The van der Waals surface area contributed by atoms with Gasteiger partial charge >= 0.3 is 0 Å². The molecule has 2 aromatic rings. The van der Waals surface area contributed by atoms with Crippen LogP contribution in [0.5, 0.6) is 0 Å². The minimum Gasteiger partial charge on any atom is -0.304 e. The molecule has 26 heavy (non-hydrogen) atoms. The van der Waals surface area contributed by atoms with Crippen molar-refractivity contribution in [3.63, 3.8) is 0 Å². The van der Waals surface area contributed by atoms with Crippen molar-refractivity contribution in [1.29, 1.82) is 0 Å². The number of benzene rings is 1. The number of fused-ring (bicyclic) bond motifs is 1. The molecule has 1 aromatic heterocycles. The van der Waals surface area contributed by atoms with E-state index in [1.54, 1.807) is 0 Å². The van der Waals surface area contributed by atoms with E-state index in [-0.39, 0.29) is 0 Å². The SMILES string of the molecule is CN1CCN(CCC2CCCCN2Cc2ccnc3ccccc23)CC1. The molecule has 0 N–H and O–H groups in total. The summed E-state index contributed by atoms with van der Waals surface area (Å²) in [4.78, 5) is 12.4.